The number of carbonyl (C=O) groups excluding carboxylic acids is 1. The zero-order valence-electron chi connectivity index (χ0n) is 8.13. The van der Waals surface area contributed by atoms with E-state index >= 15 is 0 Å². The molecule has 0 bridgehead atoms. The van der Waals surface area contributed by atoms with Crippen LogP contribution in [0.4, 0.5) is 4.79 Å². The minimum atomic E-state index is 0.0926. The Balaban J connectivity index is 2.41. The van der Waals surface area contributed by atoms with Gasteiger partial charge in [-0.15, -0.1) is 0 Å². The van der Waals surface area contributed by atoms with Crippen molar-refractivity contribution in [1.82, 2.24) is 10.2 Å². The summed E-state index contributed by atoms with van der Waals surface area (Å²) in [6.45, 7) is 6.99. The summed E-state index contributed by atoms with van der Waals surface area (Å²) < 4.78 is 0. The van der Waals surface area contributed by atoms with E-state index in [-0.39, 0.29) is 12.1 Å². The molecule has 1 aliphatic heterocycles. The fourth-order valence-corrected chi connectivity index (χ4v) is 1.56. The molecule has 70 valence electrons. The van der Waals surface area contributed by atoms with Gasteiger partial charge in [-0.25, -0.2) is 4.79 Å². The van der Waals surface area contributed by atoms with E-state index in [4.69, 9.17) is 0 Å². The molecule has 0 aromatic carbocycles. The Morgan fingerprint density at radius 1 is 1.58 bits per heavy atom. The van der Waals surface area contributed by atoms with Crippen molar-refractivity contribution in [3.8, 4) is 0 Å². The Labute approximate surface area is 74.1 Å². The first-order valence-corrected chi connectivity index (χ1v) is 4.68. The van der Waals surface area contributed by atoms with Gasteiger partial charge in [0.25, 0.3) is 0 Å². The first kappa shape index (κ1) is 9.36. The number of nitrogens with one attached hydrogen (secondary N) is 1. The summed E-state index contributed by atoms with van der Waals surface area (Å²) >= 11 is 0. The molecule has 0 aliphatic carbocycles. The maximum Gasteiger partial charge on any atom is 0.317 e. The third kappa shape index (κ3) is 2.13. The van der Waals surface area contributed by atoms with Crippen molar-refractivity contribution < 1.29 is 4.79 Å². The van der Waals surface area contributed by atoms with Gasteiger partial charge in [0.2, 0.25) is 0 Å². The molecule has 1 N–H and O–H groups in total. The van der Waals surface area contributed by atoms with E-state index < -0.39 is 0 Å². The largest absolute Gasteiger partial charge is 0.336 e. The summed E-state index contributed by atoms with van der Waals surface area (Å²) in [5, 5.41) is 2.90. The molecule has 0 radical (unpaired) electrons. The van der Waals surface area contributed by atoms with Crippen LogP contribution in [0.5, 0.6) is 0 Å². The fraction of sp³-hybridized carbons (Fsp3) is 0.889. The Kier molecular flexibility index (Phi) is 2.95. The number of hydrogen-bond donors (Lipinski definition) is 1. The number of likely N-dealkylation sites (tertiary alicyclic amines) is 1. The Bertz CT molecular complexity index is 168. The van der Waals surface area contributed by atoms with Crippen LogP contribution in [0.1, 0.15) is 33.6 Å². The first-order chi connectivity index (χ1) is 5.61. The van der Waals surface area contributed by atoms with Gasteiger partial charge in [0.05, 0.1) is 0 Å². The Morgan fingerprint density at radius 2 is 2.25 bits per heavy atom. The summed E-state index contributed by atoms with van der Waals surface area (Å²) in [4.78, 5) is 13.4. The zero-order chi connectivity index (χ0) is 9.14. The van der Waals surface area contributed by atoms with Gasteiger partial charge in [-0.2, -0.15) is 0 Å². The van der Waals surface area contributed by atoms with E-state index in [0.29, 0.717) is 6.04 Å². The van der Waals surface area contributed by atoms with E-state index in [1.54, 1.807) is 0 Å². The minimum Gasteiger partial charge on any atom is -0.336 e. The Morgan fingerprint density at radius 3 is 2.67 bits per heavy atom. The highest BCUT2D eigenvalue weighted by Crippen LogP contribution is 2.15. The molecule has 0 unspecified atom stereocenters. The van der Waals surface area contributed by atoms with Gasteiger partial charge in [-0.3, -0.25) is 0 Å². The molecule has 3 nitrogen and oxygen atoms in total. The van der Waals surface area contributed by atoms with E-state index in [0.717, 1.165) is 19.4 Å². The summed E-state index contributed by atoms with van der Waals surface area (Å²) in [6, 6.07) is 0.754. The molecule has 2 amide bonds. The van der Waals surface area contributed by atoms with Crippen LogP contribution in [-0.2, 0) is 0 Å². The normalized spacial score (nSPS) is 23.3. The highest BCUT2D eigenvalue weighted by Gasteiger charge is 2.24. The number of rotatable bonds is 1. The molecule has 3 heteroatoms. The molecule has 1 atom stereocenters. The van der Waals surface area contributed by atoms with E-state index in [1.807, 2.05) is 18.7 Å². The molecule has 1 aliphatic rings. The van der Waals surface area contributed by atoms with E-state index in [2.05, 4.69) is 12.2 Å². The topological polar surface area (TPSA) is 32.3 Å². The van der Waals surface area contributed by atoms with Crippen molar-refractivity contribution >= 4 is 6.03 Å². The van der Waals surface area contributed by atoms with Crippen molar-refractivity contribution in [3.05, 3.63) is 0 Å². The van der Waals surface area contributed by atoms with Gasteiger partial charge >= 0.3 is 6.03 Å². The monoisotopic (exact) mass is 170 g/mol. The van der Waals surface area contributed by atoms with Crippen molar-refractivity contribution in [2.45, 2.75) is 45.7 Å². The number of hydrogen-bond acceptors (Lipinski definition) is 1. The van der Waals surface area contributed by atoms with Gasteiger partial charge in [-0.1, -0.05) is 0 Å². The molecule has 1 fully saturated rings. The predicted octanol–water partition coefficient (Wildman–Crippen LogP) is 1.59. The molecule has 1 saturated heterocycles. The molecule has 0 aromatic heterocycles. The average molecular weight is 170 g/mol. The molecule has 0 aromatic rings. The number of amides is 2. The molecule has 0 saturated carbocycles. The predicted molar refractivity (Wildman–Crippen MR) is 49.1 cm³/mol. The lowest BCUT2D eigenvalue weighted by molar-refractivity contribution is 0.193. The summed E-state index contributed by atoms with van der Waals surface area (Å²) in [5.41, 5.74) is 0. The van der Waals surface area contributed by atoms with Gasteiger partial charge in [0, 0.05) is 18.6 Å². The SMILES string of the molecule is CC(C)NC(=O)N1CCC[C@@H]1C. The zero-order valence-corrected chi connectivity index (χ0v) is 8.13. The molecular formula is C9H18N2O. The first-order valence-electron chi connectivity index (χ1n) is 4.68. The number of nitrogens with zero attached hydrogens (tertiary/aromatic N) is 1. The second-order valence-corrected chi connectivity index (χ2v) is 3.79. The number of carbonyl (C=O) groups is 1. The summed E-state index contributed by atoms with van der Waals surface area (Å²) in [5.74, 6) is 0. The maximum atomic E-state index is 11.5. The lowest BCUT2D eigenvalue weighted by Crippen LogP contribution is -2.44. The van der Waals surface area contributed by atoms with Crippen molar-refractivity contribution in [1.29, 1.82) is 0 Å². The lowest BCUT2D eigenvalue weighted by Gasteiger charge is -2.23. The van der Waals surface area contributed by atoms with Crippen molar-refractivity contribution in [3.63, 3.8) is 0 Å². The summed E-state index contributed by atoms with van der Waals surface area (Å²) in [7, 11) is 0. The summed E-state index contributed by atoms with van der Waals surface area (Å²) in [6.07, 6.45) is 2.29. The van der Waals surface area contributed by atoms with Crippen LogP contribution in [0, 0.1) is 0 Å². The van der Waals surface area contributed by atoms with Gasteiger partial charge in [0.15, 0.2) is 0 Å². The van der Waals surface area contributed by atoms with Crippen molar-refractivity contribution in [2.24, 2.45) is 0 Å². The molecular weight excluding hydrogens is 152 g/mol. The molecule has 12 heavy (non-hydrogen) atoms. The van der Waals surface area contributed by atoms with Gasteiger partial charge < -0.3 is 10.2 Å². The third-order valence-electron chi connectivity index (χ3n) is 2.23. The highest BCUT2D eigenvalue weighted by molar-refractivity contribution is 5.75. The number of urea groups is 1. The van der Waals surface area contributed by atoms with Crippen LogP contribution in [0.15, 0.2) is 0 Å². The van der Waals surface area contributed by atoms with Crippen LogP contribution in [0.2, 0.25) is 0 Å². The van der Waals surface area contributed by atoms with Crippen LogP contribution >= 0.6 is 0 Å². The Hall–Kier alpha value is -0.730. The fourth-order valence-electron chi connectivity index (χ4n) is 1.56. The average Bonchev–Trinajstić information content (AvgIpc) is 2.33. The second kappa shape index (κ2) is 3.78. The third-order valence-corrected chi connectivity index (χ3v) is 2.23. The van der Waals surface area contributed by atoms with Crippen LogP contribution in [0.25, 0.3) is 0 Å². The lowest BCUT2D eigenvalue weighted by atomic mass is 10.2. The molecule has 1 heterocycles. The standard InChI is InChI=1S/C9H18N2O/c1-7(2)10-9(12)11-6-4-5-8(11)3/h7-8H,4-6H2,1-3H3,(H,10,12)/t8-/m0/s1. The minimum absolute atomic E-state index is 0.0926. The van der Waals surface area contributed by atoms with Crippen LogP contribution in [0.3, 0.4) is 0 Å². The van der Waals surface area contributed by atoms with Crippen molar-refractivity contribution in [2.75, 3.05) is 6.54 Å². The maximum absolute atomic E-state index is 11.5. The second-order valence-electron chi connectivity index (χ2n) is 3.79. The smallest absolute Gasteiger partial charge is 0.317 e. The van der Waals surface area contributed by atoms with Gasteiger partial charge in [-0.05, 0) is 33.6 Å². The van der Waals surface area contributed by atoms with Gasteiger partial charge in [0.1, 0.15) is 0 Å². The molecule has 0 spiro atoms. The van der Waals surface area contributed by atoms with E-state index in [1.165, 1.54) is 0 Å². The highest BCUT2D eigenvalue weighted by atomic mass is 16.2. The van der Waals surface area contributed by atoms with E-state index in [9.17, 15) is 4.79 Å². The quantitative estimate of drug-likeness (QED) is 0.636. The van der Waals surface area contributed by atoms with Crippen LogP contribution in [-0.4, -0.2) is 29.6 Å². The molecule has 1 rings (SSSR count). The van der Waals surface area contributed by atoms with Crippen LogP contribution < -0.4 is 5.32 Å².